The first-order valence-electron chi connectivity index (χ1n) is 14.7. The van der Waals surface area contributed by atoms with Gasteiger partial charge in [-0.15, -0.1) is 0 Å². The fourth-order valence-corrected chi connectivity index (χ4v) is 5.85. The highest BCUT2D eigenvalue weighted by molar-refractivity contribution is 6.00. The van der Waals surface area contributed by atoms with E-state index in [2.05, 4.69) is 15.5 Å². The second-order valence-electron chi connectivity index (χ2n) is 11.2. The third-order valence-corrected chi connectivity index (χ3v) is 8.34. The Bertz CT molecular complexity index is 1250. The van der Waals surface area contributed by atoms with Gasteiger partial charge in [0.15, 0.2) is 5.78 Å². The fourth-order valence-electron chi connectivity index (χ4n) is 5.85. The summed E-state index contributed by atoms with van der Waals surface area (Å²) in [6.45, 7) is 5.33. The van der Waals surface area contributed by atoms with Crippen molar-refractivity contribution < 1.29 is 28.7 Å². The van der Waals surface area contributed by atoms with E-state index in [0.717, 1.165) is 73.7 Å². The van der Waals surface area contributed by atoms with Crippen LogP contribution in [0.2, 0.25) is 0 Å². The van der Waals surface area contributed by atoms with Gasteiger partial charge in [0, 0.05) is 50.0 Å². The summed E-state index contributed by atoms with van der Waals surface area (Å²) in [5.74, 6) is 0.151. The van der Waals surface area contributed by atoms with Crippen LogP contribution in [0.25, 0.3) is 0 Å². The number of fused-ring (bicyclic) bond motifs is 1. The quantitative estimate of drug-likeness (QED) is 0.406. The minimum Gasteiger partial charge on any atom is -0.492 e. The molecule has 1 aliphatic carbocycles. The van der Waals surface area contributed by atoms with Crippen molar-refractivity contribution in [1.82, 2.24) is 15.5 Å². The van der Waals surface area contributed by atoms with Crippen molar-refractivity contribution in [2.45, 2.75) is 51.5 Å². The third-order valence-electron chi connectivity index (χ3n) is 8.34. The molecule has 2 aliphatic heterocycles. The molecule has 2 heterocycles. The molecule has 0 radical (unpaired) electrons. The van der Waals surface area contributed by atoms with Crippen molar-refractivity contribution in [3.8, 4) is 5.75 Å². The molecule has 0 spiro atoms. The Morgan fingerprint density at radius 3 is 2.46 bits per heavy atom. The molecule has 5 rings (SSSR count). The SMILES string of the molecule is O=C(Cc1ccc(OCCN2CCOCC2)cc1)NCc1ccc2c(c1)CCC(CCC1CCC(=O)NC1=O)C2=O. The second kappa shape index (κ2) is 13.9. The van der Waals surface area contributed by atoms with Gasteiger partial charge in [-0.05, 0) is 60.9 Å². The predicted molar refractivity (Wildman–Crippen MR) is 152 cm³/mol. The first-order chi connectivity index (χ1) is 19.9. The topological polar surface area (TPSA) is 114 Å². The Labute approximate surface area is 241 Å². The molecule has 218 valence electrons. The highest BCUT2D eigenvalue weighted by Crippen LogP contribution is 2.31. The zero-order valence-corrected chi connectivity index (χ0v) is 23.5. The van der Waals surface area contributed by atoms with Gasteiger partial charge in [-0.1, -0.05) is 30.3 Å². The monoisotopic (exact) mass is 561 g/mol. The first-order valence-corrected chi connectivity index (χ1v) is 14.7. The highest BCUT2D eigenvalue weighted by atomic mass is 16.5. The summed E-state index contributed by atoms with van der Waals surface area (Å²) in [5.41, 5.74) is 3.65. The van der Waals surface area contributed by atoms with Crippen molar-refractivity contribution >= 4 is 23.5 Å². The van der Waals surface area contributed by atoms with E-state index >= 15 is 0 Å². The van der Waals surface area contributed by atoms with E-state index in [4.69, 9.17) is 9.47 Å². The number of carbonyl (C=O) groups excluding carboxylic acids is 4. The van der Waals surface area contributed by atoms with Gasteiger partial charge in [0.25, 0.3) is 0 Å². The zero-order chi connectivity index (χ0) is 28.6. The van der Waals surface area contributed by atoms with Crippen LogP contribution in [0, 0.1) is 11.8 Å². The lowest BCUT2D eigenvalue weighted by molar-refractivity contribution is -0.136. The Morgan fingerprint density at radius 1 is 0.951 bits per heavy atom. The number of ether oxygens (including phenoxy) is 2. The van der Waals surface area contributed by atoms with Crippen molar-refractivity contribution in [3.05, 3.63) is 64.7 Å². The number of amides is 3. The van der Waals surface area contributed by atoms with Gasteiger partial charge in [0.1, 0.15) is 12.4 Å². The molecular weight excluding hydrogens is 522 g/mol. The van der Waals surface area contributed by atoms with Crippen LogP contribution in [-0.2, 0) is 38.5 Å². The number of ketones is 1. The van der Waals surface area contributed by atoms with Crippen LogP contribution in [0.3, 0.4) is 0 Å². The standard InChI is InChI=1S/C32H39N3O6/c36-29-12-8-25(32(39)34-29)6-4-24-5-7-26-19-23(3-11-28(26)31(24)38)21-33-30(37)20-22-1-9-27(10-2-22)41-18-15-35-13-16-40-17-14-35/h1-3,9-11,19,24-25H,4-8,12-18,20-21H2,(H,33,37)(H,34,36,39). The Balaban J connectivity index is 1.04. The summed E-state index contributed by atoms with van der Waals surface area (Å²) >= 11 is 0. The lowest BCUT2D eigenvalue weighted by Gasteiger charge is -2.26. The van der Waals surface area contributed by atoms with Gasteiger partial charge >= 0.3 is 0 Å². The Morgan fingerprint density at radius 2 is 1.68 bits per heavy atom. The number of imide groups is 1. The highest BCUT2D eigenvalue weighted by Gasteiger charge is 2.31. The van der Waals surface area contributed by atoms with E-state index < -0.39 is 0 Å². The van der Waals surface area contributed by atoms with E-state index in [1.165, 1.54) is 0 Å². The molecular formula is C32H39N3O6. The zero-order valence-electron chi connectivity index (χ0n) is 23.5. The number of hydrogen-bond donors (Lipinski definition) is 2. The number of morpholine rings is 1. The second-order valence-corrected chi connectivity index (χ2v) is 11.2. The van der Waals surface area contributed by atoms with Crippen molar-refractivity contribution in [2.75, 3.05) is 39.5 Å². The van der Waals surface area contributed by atoms with Crippen molar-refractivity contribution in [3.63, 3.8) is 0 Å². The molecule has 2 unspecified atom stereocenters. The molecule has 3 amide bonds. The van der Waals surface area contributed by atoms with Crippen LogP contribution < -0.4 is 15.4 Å². The number of rotatable bonds is 11. The smallest absolute Gasteiger partial charge is 0.229 e. The summed E-state index contributed by atoms with van der Waals surface area (Å²) in [7, 11) is 0. The minimum atomic E-state index is -0.212. The van der Waals surface area contributed by atoms with Gasteiger partial charge < -0.3 is 14.8 Å². The van der Waals surface area contributed by atoms with Gasteiger partial charge in [-0.25, -0.2) is 0 Å². The van der Waals surface area contributed by atoms with Gasteiger partial charge in [0.2, 0.25) is 17.7 Å². The molecule has 2 fully saturated rings. The van der Waals surface area contributed by atoms with Crippen LogP contribution in [-0.4, -0.2) is 67.9 Å². The average Bonchev–Trinajstić information content (AvgIpc) is 2.98. The molecule has 2 aromatic carbocycles. The number of piperidine rings is 1. The molecule has 0 saturated carbocycles. The molecule has 9 heteroatoms. The van der Waals surface area contributed by atoms with E-state index in [0.29, 0.717) is 38.8 Å². The maximum atomic E-state index is 13.1. The maximum absolute atomic E-state index is 13.1. The van der Waals surface area contributed by atoms with Crippen LogP contribution in [0.5, 0.6) is 5.75 Å². The number of aryl methyl sites for hydroxylation is 1. The molecule has 0 aromatic heterocycles. The lowest BCUT2D eigenvalue weighted by Crippen LogP contribution is -2.41. The summed E-state index contributed by atoms with van der Waals surface area (Å²) in [6, 6.07) is 13.4. The molecule has 0 bridgehead atoms. The number of hydrogen-bond acceptors (Lipinski definition) is 7. The van der Waals surface area contributed by atoms with Crippen molar-refractivity contribution in [1.29, 1.82) is 0 Å². The van der Waals surface area contributed by atoms with Crippen LogP contribution in [0.15, 0.2) is 42.5 Å². The first kappa shape index (κ1) is 29.0. The van der Waals surface area contributed by atoms with Gasteiger partial charge in [-0.3, -0.25) is 29.4 Å². The summed E-state index contributed by atoms with van der Waals surface area (Å²) in [4.78, 5) is 51.4. The minimum absolute atomic E-state index is 0.0618. The van der Waals surface area contributed by atoms with Crippen LogP contribution in [0.4, 0.5) is 0 Å². The largest absolute Gasteiger partial charge is 0.492 e. The number of nitrogens with zero attached hydrogens (tertiary/aromatic N) is 1. The summed E-state index contributed by atoms with van der Waals surface area (Å²) in [6.07, 6.45) is 4.04. The molecule has 2 saturated heterocycles. The number of Topliss-reactive ketones (excluding diaryl/α,β-unsaturated/α-hetero) is 1. The predicted octanol–water partition coefficient (Wildman–Crippen LogP) is 2.83. The lowest BCUT2D eigenvalue weighted by atomic mass is 9.78. The number of nitrogens with one attached hydrogen (secondary N) is 2. The normalized spacial score (nSPS) is 21.2. The molecule has 2 N–H and O–H groups in total. The summed E-state index contributed by atoms with van der Waals surface area (Å²) in [5, 5.41) is 5.39. The van der Waals surface area contributed by atoms with Crippen molar-refractivity contribution in [2.24, 2.45) is 11.8 Å². The van der Waals surface area contributed by atoms with E-state index in [9.17, 15) is 19.2 Å². The average molecular weight is 562 g/mol. The Kier molecular flexibility index (Phi) is 9.80. The number of carbonyl (C=O) groups is 4. The van der Waals surface area contributed by atoms with E-state index in [1.54, 1.807) is 0 Å². The molecule has 3 aliphatic rings. The van der Waals surface area contributed by atoms with Gasteiger partial charge in [0.05, 0.1) is 19.6 Å². The third kappa shape index (κ3) is 8.01. The maximum Gasteiger partial charge on any atom is 0.229 e. The molecule has 41 heavy (non-hydrogen) atoms. The Hall–Kier alpha value is -3.56. The van der Waals surface area contributed by atoms with E-state index in [1.807, 2.05) is 42.5 Å². The van der Waals surface area contributed by atoms with E-state index in [-0.39, 0.29) is 41.8 Å². The molecule has 2 atom stereocenters. The number of benzene rings is 2. The van der Waals surface area contributed by atoms with Crippen LogP contribution >= 0.6 is 0 Å². The summed E-state index contributed by atoms with van der Waals surface area (Å²) < 4.78 is 11.2. The molecule has 9 nitrogen and oxygen atoms in total. The van der Waals surface area contributed by atoms with Gasteiger partial charge in [-0.2, -0.15) is 0 Å². The molecule has 2 aromatic rings. The fraction of sp³-hybridized carbons (Fsp3) is 0.500. The van der Waals surface area contributed by atoms with Crippen LogP contribution in [0.1, 0.15) is 59.2 Å².